The molecule has 1 aliphatic carbocycles. The van der Waals surface area contributed by atoms with Crippen LogP contribution in [-0.2, 0) is 19.1 Å². The molecule has 0 spiro atoms. The van der Waals surface area contributed by atoms with E-state index in [1.165, 1.54) is 16.2 Å². The number of amides is 2. The number of carbonyl (C=O) groups is 3. The minimum Gasteiger partial charge on any atom is -0.497 e. The maximum Gasteiger partial charge on any atom is 0.411 e. The monoisotopic (exact) mass is 650 g/mol. The fraction of sp³-hybridized carbons (Fsp3) is 0.500. The molecule has 0 bridgehead atoms. The zero-order chi connectivity index (χ0) is 33.4. The maximum atomic E-state index is 13.8. The van der Waals surface area contributed by atoms with Crippen molar-refractivity contribution in [3.05, 3.63) is 48.0 Å². The molecule has 1 aliphatic heterocycles. The van der Waals surface area contributed by atoms with Gasteiger partial charge in [-0.2, -0.15) is 0 Å². The number of aromatic nitrogens is 2. The lowest BCUT2D eigenvalue weighted by Crippen LogP contribution is -2.53. The van der Waals surface area contributed by atoms with Crippen molar-refractivity contribution in [2.75, 3.05) is 20.3 Å². The lowest BCUT2D eigenvalue weighted by molar-refractivity contribution is -0.149. The van der Waals surface area contributed by atoms with Crippen LogP contribution in [0.15, 0.2) is 42.3 Å². The number of rotatable bonds is 10. The second-order valence-electron chi connectivity index (χ2n) is 13.0. The van der Waals surface area contributed by atoms with E-state index in [-0.39, 0.29) is 31.4 Å². The summed E-state index contributed by atoms with van der Waals surface area (Å²) in [6.07, 6.45) is 0.975. The Morgan fingerprint density at radius 1 is 1.22 bits per heavy atom. The molecule has 11 nitrogen and oxygen atoms in total. The van der Waals surface area contributed by atoms with E-state index in [2.05, 4.69) is 25.7 Å². The number of thiazole rings is 1. The van der Waals surface area contributed by atoms with Gasteiger partial charge in [0.1, 0.15) is 45.5 Å². The molecule has 12 heteroatoms. The van der Waals surface area contributed by atoms with Gasteiger partial charge in [0, 0.05) is 35.2 Å². The van der Waals surface area contributed by atoms with Crippen molar-refractivity contribution in [3.8, 4) is 22.2 Å². The molecular formula is C34H42N4O7S. The fourth-order valence-corrected chi connectivity index (χ4v) is 6.52. The third-order valence-electron chi connectivity index (χ3n) is 8.08. The lowest BCUT2D eigenvalue weighted by atomic mass is 10.1. The van der Waals surface area contributed by atoms with Gasteiger partial charge >= 0.3 is 12.1 Å². The standard InChI is InChI=1S/C34H42N4O7S/c1-9-20-16-34(20,31(40)43-10-2)37-29(39)27-14-22(17-38(27)32(41)45-33(5,6)7)44-28-15-25(30-36-26(18-46-30)19(3)4)35-24-13-21(42-8)11-12-23(24)28/h9,11-13,15,18-20,22,27H,1,10,14,16-17H2,2-8H3,(H,37,39)/t20-,22-,27+,34-/m1/s1. The van der Waals surface area contributed by atoms with Crippen LogP contribution >= 0.6 is 11.3 Å². The van der Waals surface area contributed by atoms with Crippen LogP contribution in [0.5, 0.6) is 11.5 Å². The molecule has 1 N–H and O–H groups in total. The molecule has 1 aromatic carbocycles. The molecule has 2 aliphatic rings. The molecule has 4 atom stereocenters. The number of benzene rings is 1. The summed E-state index contributed by atoms with van der Waals surface area (Å²) < 4.78 is 23.0. The van der Waals surface area contributed by atoms with Crippen LogP contribution in [0.3, 0.4) is 0 Å². The van der Waals surface area contributed by atoms with Crippen LogP contribution < -0.4 is 14.8 Å². The smallest absolute Gasteiger partial charge is 0.411 e. The number of hydrogen-bond acceptors (Lipinski definition) is 10. The molecule has 0 unspecified atom stereocenters. The number of carbonyl (C=O) groups excluding carboxylic acids is 3. The molecule has 2 fully saturated rings. The Morgan fingerprint density at radius 3 is 2.59 bits per heavy atom. The minimum absolute atomic E-state index is 0.0916. The van der Waals surface area contributed by atoms with E-state index in [0.717, 1.165) is 16.1 Å². The number of esters is 1. The molecule has 5 rings (SSSR count). The van der Waals surface area contributed by atoms with E-state index in [0.29, 0.717) is 29.1 Å². The summed E-state index contributed by atoms with van der Waals surface area (Å²) in [7, 11) is 1.60. The summed E-state index contributed by atoms with van der Waals surface area (Å²) in [5.41, 5.74) is 0.286. The molecule has 46 heavy (non-hydrogen) atoms. The van der Waals surface area contributed by atoms with Crippen LogP contribution in [-0.4, -0.2) is 76.4 Å². The van der Waals surface area contributed by atoms with Crippen LogP contribution in [0, 0.1) is 5.92 Å². The average molecular weight is 651 g/mol. The molecule has 0 radical (unpaired) electrons. The fourth-order valence-electron chi connectivity index (χ4n) is 5.58. The minimum atomic E-state index is -1.20. The first-order valence-electron chi connectivity index (χ1n) is 15.5. The topological polar surface area (TPSA) is 129 Å². The van der Waals surface area contributed by atoms with Gasteiger partial charge in [-0.15, -0.1) is 17.9 Å². The van der Waals surface area contributed by atoms with Gasteiger partial charge in [-0.25, -0.2) is 19.6 Å². The van der Waals surface area contributed by atoms with Gasteiger partial charge in [-0.1, -0.05) is 19.9 Å². The van der Waals surface area contributed by atoms with Crippen LogP contribution in [0.4, 0.5) is 4.79 Å². The van der Waals surface area contributed by atoms with Gasteiger partial charge in [-0.05, 0) is 52.2 Å². The van der Waals surface area contributed by atoms with Crippen molar-refractivity contribution >= 4 is 40.2 Å². The zero-order valence-electron chi connectivity index (χ0n) is 27.4. The van der Waals surface area contributed by atoms with E-state index < -0.39 is 41.3 Å². The molecule has 1 saturated heterocycles. The van der Waals surface area contributed by atoms with Crippen molar-refractivity contribution in [2.45, 2.75) is 83.6 Å². The summed E-state index contributed by atoms with van der Waals surface area (Å²) in [4.78, 5) is 51.2. The summed E-state index contributed by atoms with van der Waals surface area (Å²) in [6, 6.07) is 6.43. The third kappa shape index (κ3) is 6.81. The molecule has 1 saturated carbocycles. The second kappa shape index (κ2) is 12.9. The number of pyridine rings is 1. The maximum absolute atomic E-state index is 13.8. The highest BCUT2D eigenvalue weighted by Crippen LogP contribution is 2.46. The van der Waals surface area contributed by atoms with Crippen LogP contribution in [0.1, 0.15) is 66.0 Å². The average Bonchev–Trinajstić information content (AvgIpc) is 3.31. The second-order valence-corrected chi connectivity index (χ2v) is 13.8. The number of nitrogens with one attached hydrogen (secondary N) is 1. The van der Waals surface area contributed by atoms with Gasteiger partial charge in [0.25, 0.3) is 0 Å². The Hall–Kier alpha value is -4.19. The Kier molecular flexibility index (Phi) is 9.30. The molecule has 2 amide bonds. The van der Waals surface area contributed by atoms with Gasteiger partial charge in [-0.3, -0.25) is 9.69 Å². The Labute approximate surface area is 273 Å². The summed E-state index contributed by atoms with van der Waals surface area (Å²) in [5, 5.41) is 6.41. The quantitative estimate of drug-likeness (QED) is 0.212. The van der Waals surface area contributed by atoms with Crippen molar-refractivity contribution in [2.24, 2.45) is 5.92 Å². The Morgan fingerprint density at radius 2 is 1.98 bits per heavy atom. The molecule has 2 aromatic heterocycles. The number of hydrogen-bond donors (Lipinski definition) is 1. The van der Waals surface area contributed by atoms with Crippen LogP contribution in [0.2, 0.25) is 0 Å². The molecular weight excluding hydrogens is 608 g/mol. The number of ether oxygens (including phenoxy) is 4. The lowest BCUT2D eigenvalue weighted by Gasteiger charge is -2.28. The highest BCUT2D eigenvalue weighted by atomic mass is 32.1. The Balaban J connectivity index is 1.47. The van der Waals surface area contributed by atoms with Crippen molar-refractivity contribution in [3.63, 3.8) is 0 Å². The highest BCUT2D eigenvalue weighted by molar-refractivity contribution is 7.13. The zero-order valence-corrected chi connectivity index (χ0v) is 28.2. The van der Waals surface area contributed by atoms with Gasteiger partial charge in [0.15, 0.2) is 0 Å². The van der Waals surface area contributed by atoms with E-state index in [4.69, 9.17) is 28.9 Å². The third-order valence-corrected chi connectivity index (χ3v) is 8.97. The van der Waals surface area contributed by atoms with Gasteiger partial charge in [0.05, 0.1) is 31.5 Å². The predicted molar refractivity (Wildman–Crippen MR) is 175 cm³/mol. The van der Waals surface area contributed by atoms with Crippen molar-refractivity contribution in [1.82, 2.24) is 20.2 Å². The van der Waals surface area contributed by atoms with E-state index in [1.807, 2.05) is 29.6 Å². The number of fused-ring (bicyclic) bond motifs is 1. The summed E-state index contributed by atoms with van der Waals surface area (Å²) >= 11 is 1.51. The highest BCUT2D eigenvalue weighted by Gasteiger charge is 2.62. The SMILES string of the molecule is C=C[C@@H]1C[C@]1(NC(=O)[C@@H]1C[C@@H](Oc2cc(-c3nc(C(C)C)cs3)nc3cc(OC)ccc23)CN1C(=O)OC(C)(C)C)C(=O)OCC. The molecule has 3 aromatic rings. The first-order valence-corrected chi connectivity index (χ1v) is 16.4. The van der Waals surface area contributed by atoms with Gasteiger partial charge < -0.3 is 24.3 Å². The largest absolute Gasteiger partial charge is 0.497 e. The van der Waals surface area contributed by atoms with Crippen molar-refractivity contribution in [1.29, 1.82) is 0 Å². The van der Waals surface area contributed by atoms with E-state index >= 15 is 0 Å². The normalized spacial score (nSPS) is 22.4. The first kappa shape index (κ1) is 33.2. The molecule has 246 valence electrons. The Bertz CT molecular complexity index is 1650. The first-order chi connectivity index (χ1) is 21.8. The summed E-state index contributed by atoms with van der Waals surface area (Å²) in [5.74, 6) is 0.185. The molecule has 3 heterocycles. The number of nitrogens with zero attached hydrogens (tertiary/aromatic N) is 3. The van der Waals surface area contributed by atoms with Crippen LogP contribution in [0.25, 0.3) is 21.6 Å². The van der Waals surface area contributed by atoms with Crippen molar-refractivity contribution < 1.29 is 33.3 Å². The predicted octanol–water partition coefficient (Wildman–Crippen LogP) is 5.87. The number of methoxy groups -OCH3 is 1. The summed E-state index contributed by atoms with van der Waals surface area (Å²) in [6.45, 7) is 15.3. The van der Waals surface area contributed by atoms with Gasteiger partial charge in [0.2, 0.25) is 5.91 Å². The van der Waals surface area contributed by atoms with E-state index in [1.54, 1.807) is 40.9 Å². The number of likely N-dealkylation sites (tertiary alicyclic amines) is 1. The van der Waals surface area contributed by atoms with E-state index in [9.17, 15) is 14.4 Å².